The van der Waals surface area contributed by atoms with E-state index in [1.165, 1.54) is 10.7 Å². The molecule has 0 unspecified atom stereocenters. The second kappa shape index (κ2) is 3.75. The minimum atomic E-state index is -0.335. The van der Waals surface area contributed by atoms with Gasteiger partial charge in [-0.2, -0.15) is 0 Å². The third kappa shape index (κ3) is 1.61. The summed E-state index contributed by atoms with van der Waals surface area (Å²) in [4.78, 5) is 0. The highest BCUT2D eigenvalue weighted by atomic mass is 35.5. The molecule has 0 amide bonds. The van der Waals surface area contributed by atoms with Crippen molar-refractivity contribution in [2.45, 2.75) is 5.88 Å². The van der Waals surface area contributed by atoms with Gasteiger partial charge in [-0.1, -0.05) is 17.3 Å². The zero-order valence-corrected chi connectivity index (χ0v) is 7.95. The molecule has 0 aliphatic heterocycles. The number of nitrogens with zero attached hydrogens (tertiary/aromatic N) is 3. The summed E-state index contributed by atoms with van der Waals surface area (Å²) < 4.78 is 14.6. The summed E-state index contributed by atoms with van der Waals surface area (Å²) in [6.45, 7) is 0. The number of benzene rings is 1. The lowest BCUT2D eigenvalue weighted by Gasteiger charge is -1.99. The lowest BCUT2D eigenvalue weighted by Crippen LogP contribution is -1.97. The van der Waals surface area contributed by atoms with Crippen LogP contribution < -0.4 is 0 Å². The van der Waals surface area contributed by atoms with Gasteiger partial charge >= 0.3 is 0 Å². The fourth-order valence-electron chi connectivity index (χ4n) is 1.11. The SMILES string of the molecule is Fc1ccccc1-n1cc(CCl)nn1. The zero-order chi connectivity index (χ0) is 9.97. The topological polar surface area (TPSA) is 30.7 Å². The van der Waals surface area contributed by atoms with Gasteiger partial charge in [-0.15, -0.1) is 16.7 Å². The number of rotatable bonds is 2. The first-order chi connectivity index (χ1) is 6.81. The molecule has 0 aliphatic rings. The highest BCUT2D eigenvalue weighted by Gasteiger charge is 2.05. The summed E-state index contributed by atoms with van der Waals surface area (Å²) in [6, 6.07) is 6.36. The van der Waals surface area contributed by atoms with E-state index in [-0.39, 0.29) is 11.7 Å². The minimum absolute atomic E-state index is 0.272. The molecule has 0 radical (unpaired) electrons. The summed E-state index contributed by atoms with van der Waals surface area (Å²) >= 11 is 5.56. The van der Waals surface area contributed by atoms with Gasteiger partial charge in [0.15, 0.2) is 0 Å². The van der Waals surface area contributed by atoms with Crippen LogP contribution in [0.25, 0.3) is 5.69 Å². The number of alkyl halides is 1. The van der Waals surface area contributed by atoms with Crippen LogP contribution in [0.1, 0.15) is 5.69 Å². The molecule has 1 aromatic heterocycles. The Morgan fingerprint density at radius 1 is 1.36 bits per heavy atom. The average molecular weight is 212 g/mol. The van der Waals surface area contributed by atoms with Gasteiger partial charge in [0.1, 0.15) is 11.5 Å². The third-order valence-electron chi connectivity index (χ3n) is 1.78. The molecule has 0 saturated carbocycles. The quantitative estimate of drug-likeness (QED) is 0.713. The molecule has 0 fully saturated rings. The van der Waals surface area contributed by atoms with Crippen molar-refractivity contribution >= 4 is 11.6 Å². The Hall–Kier alpha value is -1.42. The molecule has 0 N–H and O–H groups in total. The minimum Gasteiger partial charge on any atom is -0.217 e. The van der Waals surface area contributed by atoms with Crippen molar-refractivity contribution in [2.75, 3.05) is 0 Å². The molecule has 0 spiro atoms. The summed E-state index contributed by atoms with van der Waals surface area (Å²) in [5, 5.41) is 7.53. The van der Waals surface area contributed by atoms with Gasteiger partial charge in [0.2, 0.25) is 0 Å². The van der Waals surface area contributed by atoms with E-state index in [2.05, 4.69) is 10.3 Å². The van der Waals surface area contributed by atoms with Crippen LogP contribution in [0.4, 0.5) is 4.39 Å². The summed E-state index contributed by atoms with van der Waals surface area (Å²) in [6.07, 6.45) is 1.60. The molecule has 0 bridgehead atoms. The van der Waals surface area contributed by atoms with Crippen molar-refractivity contribution in [1.82, 2.24) is 15.0 Å². The first kappa shape index (κ1) is 9.15. The van der Waals surface area contributed by atoms with E-state index in [4.69, 9.17) is 11.6 Å². The second-order valence-corrected chi connectivity index (χ2v) is 3.01. The smallest absolute Gasteiger partial charge is 0.148 e. The summed E-state index contributed by atoms with van der Waals surface area (Å²) in [7, 11) is 0. The number of hydrogen-bond donors (Lipinski definition) is 0. The standard InChI is InChI=1S/C9H7ClFN3/c10-5-7-6-14(13-12-7)9-4-2-1-3-8(9)11/h1-4,6H,5H2. The Bertz CT molecular complexity index is 441. The van der Waals surface area contributed by atoms with Crippen LogP contribution in [0, 0.1) is 5.82 Å². The zero-order valence-electron chi connectivity index (χ0n) is 7.19. The van der Waals surface area contributed by atoms with Gasteiger partial charge in [-0.3, -0.25) is 0 Å². The van der Waals surface area contributed by atoms with Crippen molar-refractivity contribution < 1.29 is 4.39 Å². The van der Waals surface area contributed by atoms with Crippen LogP contribution >= 0.6 is 11.6 Å². The van der Waals surface area contributed by atoms with Crippen LogP contribution in [0.5, 0.6) is 0 Å². The van der Waals surface area contributed by atoms with E-state index in [1.54, 1.807) is 24.4 Å². The highest BCUT2D eigenvalue weighted by molar-refractivity contribution is 6.16. The van der Waals surface area contributed by atoms with Gasteiger partial charge in [0.05, 0.1) is 17.8 Å². The second-order valence-electron chi connectivity index (χ2n) is 2.74. The number of halogens is 2. The first-order valence-corrected chi connectivity index (χ1v) is 4.57. The molecule has 72 valence electrons. The molecule has 0 saturated heterocycles. The number of aromatic nitrogens is 3. The lowest BCUT2D eigenvalue weighted by molar-refractivity contribution is 0.607. The number of hydrogen-bond acceptors (Lipinski definition) is 2. The van der Waals surface area contributed by atoms with Crippen LogP contribution in [0.15, 0.2) is 30.5 Å². The van der Waals surface area contributed by atoms with Crippen LogP contribution in [0.3, 0.4) is 0 Å². The predicted octanol–water partition coefficient (Wildman–Crippen LogP) is 2.15. The van der Waals surface area contributed by atoms with Crippen molar-refractivity contribution in [3.63, 3.8) is 0 Å². The molecular weight excluding hydrogens is 205 g/mol. The maximum absolute atomic E-state index is 13.3. The Kier molecular flexibility index (Phi) is 2.45. The molecule has 5 heteroatoms. The molecule has 0 aliphatic carbocycles. The Labute approximate surface area is 85.1 Å². The predicted molar refractivity (Wildman–Crippen MR) is 50.9 cm³/mol. The van der Waals surface area contributed by atoms with Crippen LogP contribution in [0.2, 0.25) is 0 Å². The fraction of sp³-hybridized carbons (Fsp3) is 0.111. The van der Waals surface area contributed by atoms with Crippen molar-refractivity contribution in [2.24, 2.45) is 0 Å². The van der Waals surface area contributed by atoms with Crippen molar-refractivity contribution in [1.29, 1.82) is 0 Å². The van der Waals surface area contributed by atoms with E-state index in [0.717, 1.165) is 0 Å². The largest absolute Gasteiger partial charge is 0.217 e. The van der Waals surface area contributed by atoms with E-state index < -0.39 is 0 Å². The molecule has 2 aromatic rings. The summed E-state index contributed by atoms with van der Waals surface area (Å²) in [5.74, 6) is -0.0624. The molecule has 3 nitrogen and oxygen atoms in total. The van der Waals surface area contributed by atoms with Gasteiger partial charge in [-0.25, -0.2) is 9.07 Å². The van der Waals surface area contributed by atoms with Crippen molar-refractivity contribution in [3.05, 3.63) is 42.0 Å². The van der Waals surface area contributed by atoms with E-state index in [1.807, 2.05) is 0 Å². The molecule has 0 atom stereocenters. The van der Waals surface area contributed by atoms with E-state index in [0.29, 0.717) is 11.4 Å². The molecular formula is C9H7ClFN3. The molecule has 1 aromatic carbocycles. The first-order valence-electron chi connectivity index (χ1n) is 4.03. The maximum Gasteiger partial charge on any atom is 0.148 e. The molecule has 14 heavy (non-hydrogen) atoms. The highest BCUT2D eigenvalue weighted by Crippen LogP contribution is 2.11. The van der Waals surface area contributed by atoms with Crippen LogP contribution in [-0.2, 0) is 5.88 Å². The van der Waals surface area contributed by atoms with Gasteiger partial charge < -0.3 is 0 Å². The monoisotopic (exact) mass is 211 g/mol. The Morgan fingerprint density at radius 2 is 2.14 bits per heavy atom. The van der Waals surface area contributed by atoms with Crippen molar-refractivity contribution in [3.8, 4) is 5.69 Å². The number of para-hydroxylation sites is 1. The normalized spacial score (nSPS) is 10.4. The van der Waals surface area contributed by atoms with E-state index in [9.17, 15) is 4.39 Å². The maximum atomic E-state index is 13.3. The van der Waals surface area contributed by atoms with Gasteiger partial charge in [-0.05, 0) is 12.1 Å². The molecule has 2 rings (SSSR count). The third-order valence-corrected chi connectivity index (χ3v) is 2.05. The van der Waals surface area contributed by atoms with Crippen LogP contribution in [-0.4, -0.2) is 15.0 Å². The lowest BCUT2D eigenvalue weighted by atomic mass is 10.3. The Morgan fingerprint density at radius 3 is 2.79 bits per heavy atom. The fourth-order valence-corrected chi connectivity index (χ4v) is 1.24. The van der Waals surface area contributed by atoms with E-state index >= 15 is 0 Å². The van der Waals surface area contributed by atoms with Gasteiger partial charge in [0, 0.05) is 0 Å². The Balaban J connectivity index is 2.44. The summed E-state index contributed by atoms with van der Waals surface area (Å²) in [5.41, 5.74) is 0.992. The van der Waals surface area contributed by atoms with Gasteiger partial charge in [0.25, 0.3) is 0 Å². The average Bonchev–Trinajstić information content (AvgIpc) is 2.67. The molecule has 1 heterocycles.